The predicted molar refractivity (Wildman–Crippen MR) is 69.8 cm³/mol. The van der Waals surface area contributed by atoms with E-state index in [4.69, 9.17) is 4.52 Å². The van der Waals surface area contributed by atoms with Gasteiger partial charge in [0.05, 0.1) is 15.5 Å². The molecule has 1 heterocycles. The lowest BCUT2D eigenvalue weighted by Gasteiger charge is -2.06. The Bertz CT molecular complexity index is 815. The van der Waals surface area contributed by atoms with E-state index in [1.807, 2.05) is 0 Å². The van der Waals surface area contributed by atoms with Gasteiger partial charge in [-0.25, -0.2) is 13.1 Å². The van der Waals surface area contributed by atoms with Crippen molar-refractivity contribution in [3.63, 3.8) is 0 Å². The van der Waals surface area contributed by atoms with Crippen molar-refractivity contribution in [2.24, 2.45) is 0 Å². The molecule has 1 aromatic carbocycles. The smallest absolute Gasteiger partial charge is 0.306 e. The number of nitro groups is 1. The molecule has 2 aromatic rings. The molecule has 21 heavy (non-hydrogen) atoms. The topological polar surface area (TPSA) is 115 Å². The van der Waals surface area contributed by atoms with Gasteiger partial charge in [0, 0.05) is 12.1 Å². The van der Waals surface area contributed by atoms with E-state index in [1.165, 1.54) is 13.0 Å². The van der Waals surface area contributed by atoms with Gasteiger partial charge in [0.1, 0.15) is 0 Å². The van der Waals surface area contributed by atoms with Crippen LogP contribution in [0, 0.1) is 29.8 Å². The fraction of sp³-hybridized carbons (Fsp3) is 0.182. The number of halogens is 1. The van der Waals surface area contributed by atoms with Crippen LogP contribution in [0.3, 0.4) is 0 Å². The Morgan fingerprint density at radius 1 is 1.33 bits per heavy atom. The standard InChI is InChI=1S/C11H10FN3O5S/c1-6-3-8(5-9(11(6)12)15(16)17)21(18,19)14-10-4-7(2)13-20-10/h3-5,14H,1-2H3. The number of nitrogens with one attached hydrogen (secondary N) is 1. The first-order chi connectivity index (χ1) is 9.70. The number of anilines is 1. The van der Waals surface area contributed by atoms with Crippen LogP contribution in [0.25, 0.3) is 0 Å². The molecule has 112 valence electrons. The van der Waals surface area contributed by atoms with Gasteiger partial charge < -0.3 is 4.52 Å². The molecule has 0 amide bonds. The molecule has 1 N–H and O–H groups in total. The first-order valence-corrected chi connectivity index (χ1v) is 7.09. The maximum absolute atomic E-state index is 13.6. The summed E-state index contributed by atoms with van der Waals surface area (Å²) < 4.78 is 44.5. The van der Waals surface area contributed by atoms with Crippen molar-refractivity contribution in [2.45, 2.75) is 18.7 Å². The molecule has 0 aliphatic carbocycles. The lowest BCUT2D eigenvalue weighted by molar-refractivity contribution is -0.387. The second-order valence-corrected chi connectivity index (χ2v) is 5.95. The van der Waals surface area contributed by atoms with Gasteiger partial charge in [-0.2, -0.15) is 4.39 Å². The highest BCUT2D eigenvalue weighted by molar-refractivity contribution is 7.92. The van der Waals surface area contributed by atoms with Gasteiger partial charge in [0.25, 0.3) is 10.0 Å². The molecule has 8 nitrogen and oxygen atoms in total. The highest BCUT2D eigenvalue weighted by Crippen LogP contribution is 2.26. The molecule has 0 radical (unpaired) electrons. The third kappa shape index (κ3) is 2.99. The van der Waals surface area contributed by atoms with Crippen LogP contribution >= 0.6 is 0 Å². The van der Waals surface area contributed by atoms with Gasteiger partial charge in [-0.3, -0.25) is 10.1 Å². The first kappa shape index (κ1) is 14.9. The van der Waals surface area contributed by atoms with Gasteiger partial charge in [0.15, 0.2) is 0 Å². The summed E-state index contributed by atoms with van der Waals surface area (Å²) in [6.45, 7) is 2.83. The third-order valence-corrected chi connectivity index (χ3v) is 3.90. The Morgan fingerprint density at radius 3 is 2.52 bits per heavy atom. The number of aromatic nitrogens is 1. The second-order valence-electron chi connectivity index (χ2n) is 4.27. The molecule has 0 atom stereocenters. The number of hydrogen-bond donors (Lipinski definition) is 1. The Morgan fingerprint density at radius 2 is 2.00 bits per heavy atom. The van der Waals surface area contributed by atoms with Crippen molar-refractivity contribution < 1.29 is 22.3 Å². The van der Waals surface area contributed by atoms with Gasteiger partial charge in [0.2, 0.25) is 11.7 Å². The van der Waals surface area contributed by atoms with Crippen molar-refractivity contribution >= 4 is 21.6 Å². The molecular formula is C11H10FN3O5S. The molecule has 2 rings (SSSR count). The lowest BCUT2D eigenvalue weighted by atomic mass is 10.2. The lowest BCUT2D eigenvalue weighted by Crippen LogP contribution is -2.13. The summed E-state index contributed by atoms with van der Waals surface area (Å²) in [6, 6.07) is 2.98. The van der Waals surface area contributed by atoms with E-state index < -0.39 is 31.3 Å². The molecule has 0 saturated carbocycles. The van der Waals surface area contributed by atoms with E-state index in [2.05, 4.69) is 9.88 Å². The molecule has 0 unspecified atom stereocenters. The summed E-state index contributed by atoms with van der Waals surface area (Å²) in [4.78, 5) is 9.31. The van der Waals surface area contributed by atoms with Crippen LogP contribution in [0.5, 0.6) is 0 Å². The first-order valence-electron chi connectivity index (χ1n) is 5.61. The molecule has 0 spiro atoms. The molecular weight excluding hydrogens is 305 g/mol. The van der Waals surface area contributed by atoms with Gasteiger partial charge in [-0.15, -0.1) is 0 Å². The molecule has 0 saturated heterocycles. The van der Waals surface area contributed by atoms with Gasteiger partial charge in [-0.05, 0) is 25.5 Å². The number of benzene rings is 1. The van der Waals surface area contributed by atoms with Crippen molar-refractivity contribution in [2.75, 3.05) is 4.72 Å². The molecule has 0 aliphatic rings. The van der Waals surface area contributed by atoms with Crippen molar-refractivity contribution in [3.8, 4) is 0 Å². The van der Waals surface area contributed by atoms with Gasteiger partial charge >= 0.3 is 5.69 Å². The summed E-state index contributed by atoms with van der Waals surface area (Å²) >= 11 is 0. The molecule has 10 heteroatoms. The molecule has 0 fully saturated rings. The third-order valence-electron chi connectivity index (χ3n) is 2.58. The van der Waals surface area contributed by atoms with Crippen LogP contribution in [0.4, 0.5) is 16.0 Å². The van der Waals surface area contributed by atoms with E-state index in [1.54, 1.807) is 6.92 Å². The van der Waals surface area contributed by atoms with Crippen molar-refractivity contribution in [1.82, 2.24) is 5.16 Å². The predicted octanol–water partition coefficient (Wildman–Crippen LogP) is 2.14. The quantitative estimate of drug-likeness (QED) is 0.682. The van der Waals surface area contributed by atoms with Crippen LogP contribution in [0.1, 0.15) is 11.3 Å². The maximum atomic E-state index is 13.6. The van der Waals surface area contributed by atoms with Crippen LogP contribution < -0.4 is 4.72 Å². The zero-order chi connectivity index (χ0) is 15.8. The molecule has 0 bridgehead atoms. The Balaban J connectivity index is 2.47. The van der Waals surface area contributed by atoms with E-state index in [0.717, 1.165) is 6.07 Å². The summed E-state index contributed by atoms with van der Waals surface area (Å²) in [5, 5.41) is 14.2. The summed E-state index contributed by atoms with van der Waals surface area (Å²) in [5.74, 6) is -1.22. The van der Waals surface area contributed by atoms with Crippen molar-refractivity contribution in [3.05, 3.63) is 45.4 Å². The van der Waals surface area contributed by atoms with E-state index in [-0.39, 0.29) is 11.4 Å². The molecule has 1 aromatic heterocycles. The van der Waals surface area contributed by atoms with Crippen LogP contribution in [0.15, 0.2) is 27.6 Å². The van der Waals surface area contributed by atoms with Crippen LogP contribution in [-0.2, 0) is 10.0 Å². The monoisotopic (exact) mass is 315 g/mol. The molecule has 0 aliphatic heterocycles. The van der Waals surface area contributed by atoms with Crippen molar-refractivity contribution in [1.29, 1.82) is 0 Å². The number of rotatable bonds is 4. The average Bonchev–Trinajstić information content (AvgIpc) is 2.76. The number of hydrogen-bond acceptors (Lipinski definition) is 6. The summed E-state index contributed by atoms with van der Waals surface area (Å²) in [5.41, 5.74) is -0.614. The zero-order valence-corrected chi connectivity index (χ0v) is 11.8. The highest BCUT2D eigenvalue weighted by atomic mass is 32.2. The largest absolute Gasteiger partial charge is 0.338 e. The number of nitro benzene ring substituents is 1. The minimum Gasteiger partial charge on any atom is -0.338 e. The summed E-state index contributed by atoms with van der Waals surface area (Å²) in [7, 11) is -4.15. The number of nitrogens with zero attached hydrogens (tertiary/aromatic N) is 2. The fourth-order valence-electron chi connectivity index (χ4n) is 1.61. The average molecular weight is 315 g/mol. The number of sulfonamides is 1. The van der Waals surface area contributed by atoms with E-state index in [9.17, 15) is 22.9 Å². The minimum absolute atomic E-state index is 0.142. The normalized spacial score (nSPS) is 11.4. The Labute approximate surface area is 118 Å². The zero-order valence-electron chi connectivity index (χ0n) is 11.0. The second kappa shape index (κ2) is 5.13. The summed E-state index contributed by atoms with van der Waals surface area (Å²) in [6.07, 6.45) is 0. The SMILES string of the molecule is Cc1cc(NS(=O)(=O)c2cc(C)c(F)c([N+](=O)[O-])c2)on1. The highest BCUT2D eigenvalue weighted by Gasteiger charge is 2.24. The van der Waals surface area contributed by atoms with E-state index in [0.29, 0.717) is 11.8 Å². The Kier molecular flexibility index (Phi) is 3.64. The fourth-order valence-corrected chi connectivity index (χ4v) is 2.69. The maximum Gasteiger partial charge on any atom is 0.306 e. The Hall–Kier alpha value is -2.49. The van der Waals surface area contributed by atoms with Crippen LogP contribution in [-0.4, -0.2) is 18.5 Å². The van der Waals surface area contributed by atoms with E-state index >= 15 is 0 Å². The van der Waals surface area contributed by atoms with Crippen LogP contribution in [0.2, 0.25) is 0 Å². The van der Waals surface area contributed by atoms with Gasteiger partial charge in [-0.1, -0.05) is 5.16 Å². The number of aryl methyl sites for hydroxylation is 2. The minimum atomic E-state index is -4.15.